The van der Waals surface area contributed by atoms with Crippen LogP contribution in [-0.2, 0) is 3.79 Å². The first-order valence-electron chi connectivity index (χ1n) is 7.23. The van der Waals surface area contributed by atoms with Crippen LogP contribution in [0.25, 0.3) is 11.4 Å². The number of hydrogen-bond donors (Lipinski definition) is 1. The van der Waals surface area contributed by atoms with E-state index in [1.165, 1.54) is 12.1 Å². The Hall–Kier alpha value is -1.21. The van der Waals surface area contributed by atoms with E-state index in [2.05, 4.69) is 25.2 Å². The average Bonchev–Trinajstić information content (AvgIpc) is 2.51. The number of hydrogen-bond acceptors (Lipinski definition) is 5. The Morgan fingerprint density at radius 3 is 2.33 bits per heavy atom. The monoisotopic (exact) mass is 391 g/mol. The summed E-state index contributed by atoms with van der Waals surface area (Å²) in [6.45, 7) is 1.57. The van der Waals surface area contributed by atoms with Gasteiger partial charge in [-0.1, -0.05) is 34.8 Å². The molecule has 0 saturated heterocycles. The summed E-state index contributed by atoms with van der Waals surface area (Å²) in [4.78, 5) is 14.7. The van der Waals surface area contributed by atoms with Crippen molar-refractivity contribution in [2.24, 2.45) is 0 Å². The zero-order valence-electron chi connectivity index (χ0n) is 13.2. The van der Waals surface area contributed by atoms with E-state index in [1.807, 2.05) is 14.1 Å². The van der Waals surface area contributed by atoms with Gasteiger partial charge in [-0.15, -0.1) is 0 Å². The van der Waals surface area contributed by atoms with Crippen LogP contribution in [0.4, 0.5) is 10.3 Å². The van der Waals surface area contributed by atoms with Gasteiger partial charge >= 0.3 is 0 Å². The van der Waals surface area contributed by atoms with Gasteiger partial charge in [-0.3, -0.25) is 0 Å². The maximum atomic E-state index is 13.1. The highest BCUT2D eigenvalue weighted by Crippen LogP contribution is 2.36. The molecule has 0 atom stereocenters. The van der Waals surface area contributed by atoms with Crippen LogP contribution in [0.15, 0.2) is 24.3 Å². The van der Waals surface area contributed by atoms with Gasteiger partial charge in [0.2, 0.25) is 9.74 Å². The molecule has 0 fully saturated rings. The Morgan fingerprint density at radius 2 is 1.75 bits per heavy atom. The molecule has 9 heteroatoms. The minimum Gasteiger partial charge on any atom is -0.354 e. The number of rotatable bonds is 6. The zero-order chi connectivity index (χ0) is 17.7. The topological polar surface area (TPSA) is 53.9 Å². The van der Waals surface area contributed by atoms with Gasteiger partial charge in [0.1, 0.15) is 5.82 Å². The first-order valence-corrected chi connectivity index (χ1v) is 8.37. The van der Waals surface area contributed by atoms with Gasteiger partial charge in [-0.25, -0.2) is 9.37 Å². The molecule has 5 nitrogen and oxygen atoms in total. The SMILES string of the molecule is CN(C)CCCNc1nc(-c2ccc(F)cc2)nc(C(Cl)(Cl)Cl)n1. The zero-order valence-corrected chi connectivity index (χ0v) is 15.5. The largest absolute Gasteiger partial charge is 0.354 e. The summed E-state index contributed by atoms with van der Waals surface area (Å²) in [5, 5.41) is 3.10. The molecule has 0 aliphatic rings. The Morgan fingerprint density at radius 1 is 1.08 bits per heavy atom. The highest BCUT2D eigenvalue weighted by Gasteiger charge is 2.28. The summed E-state index contributed by atoms with van der Waals surface area (Å²) in [5.41, 5.74) is 0.602. The summed E-state index contributed by atoms with van der Waals surface area (Å²) < 4.78 is 11.3. The number of alkyl halides is 3. The molecule has 0 unspecified atom stereocenters. The van der Waals surface area contributed by atoms with E-state index in [9.17, 15) is 4.39 Å². The molecular formula is C15H17Cl3FN5. The second kappa shape index (κ2) is 8.25. The minimum atomic E-state index is -1.78. The van der Waals surface area contributed by atoms with E-state index in [0.29, 0.717) is 23.9 Å². The number of benzene rings is 1. The molecule has 130 valence electrons. The van der Waals surface area contributed by atoms with Crippen LogP contribution in [0, 0.1) is 5.82 Å². The quantitative estimate of drug-likeness (QED) is 0.597. The van der Waals surface area contributed by atoms with Gasteiger partial charge in [0.15, 0.2) is 11.6 Å². The number of halogens is 4. The maximum Gasteiger partial charge on any atom is 0.250 e. The molecule has 0 radical (unpaired) electrons. The lowest BCUT2D eigenvalue weighted by Gasteiger charge is -2.14. The standard InChI is InChI=1S/C15H17Cl3FN5/c1-24(2)9-3-8-20-14-22-12(10-4-6-11(19)7-5-10)21-13(23-14)15(16,17)18/h4-7H,3,8-9H2,1-2H3,(H,20,21,22,23). The Kier molecular flexibility index (Phi) is 6.57. The molecule has 1 heterocycles. The molecule has 0 aliphatic heterocycles. The lowest BCUT2D eigenvalue weighted by atomic mass is 10.2. The lowest BCUT2D eigenvalue weighted by molar-refractivity contribution is 0.405. The number of nitrogens with one attached hydrogen (secondary N) is 1. The molecule has 1 N–H and O–H groups in total. The molecule has 0 spiro atoms. The molecular weight excluding hydrogens is 376 g/mol. The number of aromatic nitrogens is 3. The fraction of sp³-hybridized carbons (Fsp3) is 0.400. The van der Waals surface area contributed by atoms with E-state index in [4.69, 9.17) is 34.8 Å². The fourth-order valence-corrected chi connectivity index (χ4v) is 2.16. The molecule has 24 heavy (non-hydrogen) atoms. The smallest absolute Gasteiger partial charge is 0.250 e. The average molecular weight is 393 g/mol. The van der Waals surface area contributed by atoms with Gasteiger partial charge < -0.3 is 10.2 Å². The van der Waals surface area contributed by atoms with E-state index >= 15 is 0 Å². The van der Waals surface area contributed by atoms with Crippen molar-refractivity contribution in [2.45, 2.75) is 10.2 Å². The van der Waals surface area contributed by atoms with Crippen molar-refractivity contribution < 1.29 is 4.39 Å². The van der Waals surface area contributed by atoms with Crippen LogP contribution in [-0.4, -0.2) is 47.0 Å². The second-order valence-corrected chi connectivity index (χ2v) is 7.68. The Bertz CT molecular complexity index is 674. The van der Waals surface area contributed by atoms with Crippen LogP contribution in [0.1, 0.15) is 12.2 Å². The van der Waals surface area contributed by atoms with Gasteiger partial charge in [0.25, 0.3) is 0 Å². The third kappa shape index (κ3) is 5.70. The van der Waals surface area contributed by atoms with Gasteiger partial charge in [-0.05, 0) is 51.3 Å². The van der Waals surface area contributed by atoms with Crippen molar-refractivity contribution in [2.75, 3.05) is 32.5 Å². The highest BCUT2D eigenvalue weighted by atomic mass is 35.6. The fourth-order valence-electron chi connectivity index (χ4n) is 1.91. The Balaban J connectivity index is 2.26. The lowest BCUT2D eigenvalue weighted by Crippen LogP contribution is -2.18. The predicted molar refractivity (Wildman–Crippen MR) is 96.1 cm³/mol. The summed E-state index contributed by atoms with van der Waals surface area (Å²) in [5.74, 6) is 0.277. The van der Waals surface area contributed by atoms with E-state index in [0.717, 1.165) is 13.0 Å². The predicted octanol–water partition coefficient (Wildman–Crippen LogP) is 3.87. The van der Waals surface area contributed by atoms with Crippen LogP contribution >= 0.6 is 34.8 Å². The van der Waals surface area contributed by atoms with Crippen LogP contribution in [0.5, 0.6) is 0 Å². The van der Waals surface area contributed by atoms with E-state index in [1.54, 1.807) is 12.1 Å². The second-order valence-electron chi connectivity index (χ2n) is 5.39. The molecule has 0 amide bonds. The highest BCUT2D eigenvalue weighted by molar-refractivity contribution is 6.66. The van der Waals surface area contributed by atoms with Crippen molar-refractivity contribution in [3.8, 4) is 11.4 Å². The normalized spacial score (nSPS) is 11.8. The summed E-state index contributed by atoms with van der Waals surface area (Å²) in [7, 11) is 3.99. The van der Waals surface area contributed by atoms with Gasteiger partial charge in [0, 0.05) is 12.1 Å². The summed E-state index contributed by atoms with van der Waals surface area (Å²) in [6.07, 6.45) is 0.896. The molecule has 2 rings (SSSR count). The van der Waals surface area contributed by atoms with Crippen molar-refractivity contribution in [1.29, 1.82) is 0 Å². The molecule has 1 aromatic heterocycles. The van der Waals surface area contributed by atoms with Gasteiger partial charge in [0.05, 0.1) is 0 Å². The van der Waals surface area contributed by atoms with Crippen molar-refractivity contribution in [3.63, 3.8) is 0 Å². The first-order chi connectivity index (χ1) is 11.3. The number of anilines is 1. The van der Waals surface area contributed by atoms with E-state index in [-0.39, 0.29) is 11.6 Å². The van der Waals surface area contributed by atoms with Crippen molar-refractivity contribution >= 4 is 40.8 Å². The third-order valence-corrected chi connectivity index (χ3v) is 3.56. The molecule has 0 saturated carbocycles. The molecule has 1 aromatic carbocycles. The van der Waals surface area contributed by atoms with Crippen LogP contribution < -0.4 is 5.32 Å². The summed E-state index contributed by atoms with van der Waals surface area (Å²) >= 11 is 17.7. The number of nitrogens with zero attached hydrogens (tertiary/aromatic N) is 4. The third-order valence-electron chi connectivity index (χ3n) is 3.06. The van der Waals surface area contributed by atoms with E-state index < -0.39 is 3.79 Å². The molecule has 0 aliphatic carbocycles. The van der Waals surface area contributed by atoms with Crippen LogP contribution in [0.2, 0.25) is 0 Å². The first kappa shape index (κ1) is 19.1. The maximum absolute atomic E-state index is 13.1. The van der Waals surface area contributed by atoms with Crippen molar-refractivity contribution in [3.05, 3.63) is 35.9 Å². The van der Waals surface area contributed by atoms with Crippen LogP contribution in [0.3, 0.4) is 0 Å². The van der Waals surface area contributed by atoms with Gasteiger partial charge in [-0.2, -0.15) is 9.97 Å². The Labute approximate surface area is 155 Å². The van der Waals surface area contributed by atoms with Crippen molar-refractivity contribution in [1.82, 2.24) is 19.9 Å². The molecule has 0 bridgehead atoms. The molecule has 2 aromatic rings. The minimum absolute atomic E-state index is 0.0111. The summed E-state index contributed by atoms with van der Waals surface area (Å²) in [6, 6.07) is 5.75.